The zero-order valence-corrected chi connectivity index (χ0v) is 7.85. The molecule has 1 atom stereocenters. The van der Waals surface area contributed by atoms with E-state index in [0.29, 0.717) is 0 Å². The molecule has 0 N–H and O–H groups in total. The second-order valence-electron chi connectivity index (χ2n) is 1.14. The van der Waals surface area contributed by atoms with Crippen LogP contribution in [0.5, 0.6) is 0 Å². The Morgan fingerprint density at radius 3 is 2.00 bits per heavy atom. The molecular weight excluding hydrogens is 201 g/mol. The Balaban J connectivity index is 0. The summed E-state index contributed by atoms with van der Waals surface area (Å²) in [6.45, 7) is 2.20. The molecule has 0 rings (SSSR count). The summed E-state index contributed by atoms with van der Waals surface area (Å²) in [6.07, 6.45) is 3.94. The molecule has 6 heavy (non-hydrogen) atoms. The Hall–Kier alpha value is 1.25. The maximum atomic E-state index is 2.70. The molecule has 1 unspecified atom stereocenters. The van der Waals surface area contributed by atoms with Crippen molar-refractivity contribution in [1.82, 2.24) is 0 Å². The van der Waals surface area contributed by atoms with Crippen molar-refractivity contribution in [2.75, 3.05) is 6.16 Å². The summed E-state index contributed by atoms with van der Waals surface area (Å²) in [5.74, 6) is 0. The van der Waals surface area contributed by atoms with Crippen LogP contribution >= 0.6 is 9.24 Å². The summed E-state index contributed by atoms with van der Waals surface area (Å²) in [5.41, 5.74) is 0. The van der Waals surface area contributed by atoms with Gasteiger partial charge in [-0.3, -0.25) is 0 Å². The van der Waals surface area contributed by atoms with Gasteiger partial charge >= 0.3 is 24.4 Å². The summed E-state index contributed by atoms with van der Waals surface area (Å²) in [5, 5.41) is 0. The van der Waals surface area contributed by atoms with Crippen LogP contribution in [0.15, 0.2) is 0 Å². The number of rotatable bonds is 2. The third-order valence-electron chi connectivity index (χ3n) is 0.558. The van der Waals surface area contributed by atoms with Crippen molar-refractivity contribution in [3.63, 3.8) is 0 Å². The maximum Gasteiger partial charge on any atom is 3.00 e. The maximum absolute atomic E-state index is 2.70. The third kappa shape index (κ3) is 8.98. The molecule has 0 heterocycles. The minimum Gasteiger partial charge on any atom is -0.138 e. The van der Waals surface area contributed by atoms with Crippen molar-refractivity contribution in [1.29, 1.82) is 0 Å². The van der Waals surface area contributed by atoms with Crippen molar-refractivity contribution in [2.24, 2.45) is 0 Å². The van der Waals surface area contributed by atoms with Gasteiger partial charge in [0, 0.05) is 0 Å². The Morgan fingerprint density at radius 2 is 2.00 bits per heavy atom. The standard InChI is InChI=1S/C4H11P.Sb/c1-2-3-4-5;/h2-5H2,1H3;/q;+3. The summed E-state index contributed by atoms with van der Waals surface area (Å²) >= 11 is 0. The fourth-order valence-corrected chi connectivity index (χ4v) is 0.612. The first kappa shape index (κ1) is 10.3. The number of hydrogen-bond donors (Lipinski definition) is 0. The van der Waals surface area contributed by atoms with Gasteiger partial charge < -0.3 is 0 Å². The molecule has 0 spiro atoms. The molecule has 0 amide bonds. The van der Waals surface area contributed by atoms with Crippen LogP contribution in [0.3, 0.4) is 0 Å². The molecule has 0 bridgehead atoms. The van der Waals surface area contributed by atoms with Gasteiger partial charge in [0.25, 0.3) is 0 Å². The van der Waals surface area contributed by atoms with Crippen LogP contribution in [0.2, 0.25) is 0 Å². The van der Waals surface area contributed by atoms with Crippen LogP contribution in [-0.4, -0.2) is 30.6 Å². The molecule has 0 aliphatic heterocycles. The molecule has 0 saturated carbocycles. The van der Waals surface area contributed by atoms with E-state index in [2.05, 4.69) is 16.2 Å². The zero-order chi connectivity index (χ0) is 4.12. The first-order valence-corrected chi connectivity index (χ1v) is 2.93. The average molecular weight is 212 g/mol. The Kier molecular flexibility index (Phi) is 16.3. The molecule has 0 nitrogen and oxygen atoms in total. The molecule has 0 aromatic carbocycles. The van der Waals surface area contributed by atoms with E-state index in [1.165, 1.54) is 19.0 Å². The van der Waals surface area contributed by atoms with Gasteiger partial charge in [0.15, 0.2) is 0 Å². The number of unbranched alkanes of at least 4 members (excludes halogenated alkanes) is 1. The SMILES string of the molecule is CCCCP.[Sb+3]. The van der Waals surface area contributed by atoms with Crippen LogP contribution in [-0.2, 0) is 0 Å². The molecule has 34 valence electrons. The largest absolute Gasteiger partial charge is 3.00 e. The third-order valence-corrected chi connectivity index (χ3v) is 0.966. The zero-order valence-electron chi connectivity index (χ0n) is 4.15. The van der Waals surface area contributed by atoms with Crippen LogP contribution in [0.1, 0.15) is 19.8 Å². The molecule has 0 saturated heterocycles. The minimum absolute atomic E-state index is 0. The van der Waals surface area contributed by atoms with E-state index in [1.807, 2.05) is 0 Å². The molecule has 0 fully saturated rings. The van der Waals surface area contributed by atoms with E-state index in [0.717, 1.165) is 0 Å². The van der Waals surface area contributed by atoms with E-state index in [4.69, 9.17) is 0 Å². The van der Waals surface area contributed by atoms with Crippen LogP contribution in [0, 0.1) is 0 Å². The summed E-state index contributed by atoms with van der Waals surface area (Å²) < 4.78 is 0. The first-order valence-electron chi connectivity index (χ1n) is 2.12. The van der Waals surface area contributed by atoms with Gasteiger partial charge in [-0.05, 0) is 6.16 Å². The Morgan fingerprint density at radius 1 is 1.50 bits per heavy atom. The van der Waals surface area contributed by atoms with Crippen LogP contribution in [0.25, 0.3) is 0 Å². The molecule has 2 radical (unpaired) electrons. The Bertz CT molecular complexity index is 15.0. The van der Waals surface area contributed by atoms with Gasteiger partial charge in [-0.2, -0.15) is 0 Å². The van der Waals surface area contributed by atoms with Gasteiger partial charge in [0.1, 0.15) is 0 Å². The van der Waals surface area contributed by atoms with Gasteiger partial charge in [-0.25, -0.2) is 0 Å². The van der Waals surface area contributed by atoms with Gasteiger partial charge in [0.2, 0.25) is 0 Å². The topological polar surface area (TPSA) is 0 Å². The molecule has 0 aliphatic rings. The average Bonchev–Trinajstić information content (AvgIpc) is 1.41. The van der Waals surface area contributed by atoms with Crippen molar-refractivity contribution in [3.8, 4) is 0 Å². The van der Waals surface area contributed by atoms with Crippen LogP contribution in [0.4, 0.5) is 0 Å². The van der Waals surface area contributed by atoms with E-state index >= 15 is 0 Å². The minimum atomic E-state index is 0. The fraction of sp³-hybridized carbons (Fsp3) is 1.00. The van der Waals surface area contributed by atoms with Crippen molar-refractivity contribution < 1.29 is 0 Å². The van der Waals surface area contributed by atoms with Crippen molar-refractivity contribution >= 4 is 33.7 Å². The van der Waals surface area contributed by atoms with Gasteiger partial charge in [0.05, 0.1) is 0 Å². The van der Waals surface area contributed by atoms with E-state index in [-0.39, 0.29) is 24.4 Å². The molecule has 0 aromatic rings. The monoisotopic (exact) mass is 211 g/mol. The fourth-order valence-electron chi connectivity index (χ4n) is 0.204. The quantitative estimate of drug-likeness (QED) is 0.477. The molecule has 0 aliphatic carbocycles. The Labute approximate surface area is 59.7 Å². The second kappa shape index (κ2) is 9.54. The van der Waals surface area contributed by atoms with Crippen LogP contribution < -0.4 is 0 Å². The van der Waals surface area contributed by atoms with Gasteiger partial charge in [-0.15, -0.1) is 9.24 Å². The van der Waals surface area contributed by atoms with E-state index < -0.39 is 0 Å². The van der Waals surface area contributed by atoms with Gasteiger partial charge in [-0.1, -0.05) is 19.8 Å². The first-order chi connectivity index (χ1) is 2.41. The van der Waals surface area contributed by atoms with E-state index in [9.17, 15) is 0 Å². The normalized spacial score (nSPS) is 7.00. The van der Waals surface area contributed by atoms with E-state index in [1.54, 1.807) is 0 Å². The van der Waals surface area contributed by atoms with Crippen molar-refractivity contribution in [3.05, 3.63) is 0 Å². The second-order valence-corrected chi connectivity index (χ2v) is 1.72. The summed E-state index contributed by atoms with van der Waals surface area (Å²) in [7, 11) is 2.70. The summed E-state index contributed by atoms with van der Waals surface area (Å²) in [6, 6.07) is 0. The molecular formula is C4H11PSb+3. The molecule has 0 aromatic heterocycles. The van der Waals surface area contributed by atoms with Crippen molar-refractivity contribution in [2.45, 2.75) is 19.8 Å². The predicted molar refractivity (Wildman–Crippen MR) is 35.2 cm³/mol. The summed E-state index contributed by atoms with van der Waals surface area (Å²) in [4.78, 5) is 0. The molecule has 2 heteroatoms. The smallest absolute Gasteiger partial charge is 0.138 e. The number of hydrogen-bond acceptors (Lipinski definition) is 0. The predicted octanol–water partition coefficient (Wildman–Crippen LogP) is 1.28.